The average Bonchev–Trinajstić information content (AvgIpc) is 1.84. The predicted molar refractivity (Wildman–Crippen MR) is 56.0 cm³/mol. The summed E-state index contributed by atoms with van der Waals surface area (Å²) in [5, 5.41) is 0. The Kier molecular flexibility index (Phi) is 8.37. The smallest absolute Gasteiger partial charge is 0.306 e. The normalized spacial score (nSPS) is 10.5. The zero-order chi connectivity index (χ0) is 9.61. The number of halogens is 1. The van der Waals surface area contributed by atoms with Crippen molar-refractivity contribution in [1.29, 1.82) is 0 Å². The second-order valence-corrected chi connectivity index (χ2v) is 3.83. The Morgan fingerprint density at radius 2 is 1.85 bits per heavy atom. The summed E-state index contributed by atoms with van der Waals surface area (Å²) in [5.74, 6) is -0.129. The zero-order valence-electron chi connectivity index (χ0n) is 8.63. The Morgan fingerprint density at radius 1 is 1.31 bits per heavy atom. The molecule has 3 nitrogen and oxygen atoms in total. The standard InChI is InChI=1S/C9H19NO2.ClH/c1-9(2,3)12-8(11)6-4-5-7-10;/h4-7,10H2,1-3H3;1H. The first kappa shape index (κ1) is 15.2. The first-order valence-corrected chi connectivity index (χ1v) is 4.37. The van der Waals surface area contributed by atoms with E-state index in [4.69, 9.17) is 10.5 Å². The van der Waals surface area contributed by atoms with Crippen molar-refractivity contribution in [3.63, 3.8) is 0 Å². The summed E-state index contributed by atoms with van der Waals surface area (Å²) < 4.78 is 5.10. The van der Waals surface area contributed by atoms with Crippen LogP contribution in [0, 0.1) is 0 Å². The Hall–Kier alpha value is -0.280. The number of carbonyl (C=O) groups is 1. The van der Waals surface area contributed by atoms with Crippen LogP contribution in [0.15, 0.2) is 0 Å². The van der Waals surface area contributed by atoms with Crippen LogP contribution in [0.1, 0.15) is 40.0 Å². The highest BCUT2D eigenvalue weighted by molar-refractivity contribution is 5.85. The molecule has 0 fully saturated rings. The van der Waals surface area contributed by atoms with Gasteiger partial charge in [-0.05, 0) is 40.2 Å². The maximum atomic E-state index is 11.1. The largest absolute Gasteiger partial charge is 0.460 e. The zero-order valence-corrected chi connectivity index (χ0v) is 9.45. The molecule has 0 aromatic heterocycles. The van der Waals surface area contributed by atoms with Crippen molar-refractivity contribution in [2.75, 3.05) is 6.54 Å². The number of hydrogen-bond acceptors (Lipinski definition) is 3. The molecular weight excluding hydrogens is 190 g/mol. The summed E-state index contributed by atoms with van der Waals surface area (Å²) >= 11 is 0. The lowest BCUT2D eigenvalue weighted by Crippen LogP contribution is -2.23. The van der Waals surface area contributed by atoms with Gasteiger partial charge in [0.05, 0.1) is 0 Å². The van der Waals surface area contributed by atoms with Gasteiger partial charge in [-0.2, -0.15) is 0 Å². The fourth-order valence-corrected chi connectivity index (χ4v) is 0.806. The molecule has 0 amide bonds. The molecule has 4 heteroatoms. The third kappa shape index (κ3) is 11.7. The average molecular weight is 210 g/mol. The summed E-state index contributed by atoms with van der Waals surface area (Å²) in [6, 6.07) is 0. The molecule has 0 saturated heterocycles. The summed E-state index contributed by atoms with van der Waals surface area (Å²) in [7, 11) is 0. The van der Waals surface area contributed by atoms with E-state index in [0.29, 0.717) is 13.0 Å². The number of rotatable bonds is 4. The molecule has 0 rings (SSSR count). The van der Waals surface area contributed by atoms with Crippen molar-refractivity contribution in [3.8, 4) is 0 Å². The van der Waals surface area contributed by atoms with Gasteiger partial charge in [-0.1, -0.05) is 0 Å². The highest BCUT2D eigenvalue weighted by Crippen LogP contribution is 2.09. The van der Waals surface area contributed by atoms with Crippen LogP contribution in [-0.4, -0.2) is 18.1 Å². The van der Waals surface area contributed by atoms with Gasteiger partial charge in [0.1, 0.15) is 5.60 Å². The fraction of sp³-hybridized carbons (Fsp3) is 0.889. The van der Waals surface area contributed by atoms with Gasteiger partial charge in [0.15, 0.2) is 0 Å². The van der Waals surface area contributed by atoms with Gasteiger partial charge < -0.3 is 10.5 Å². The van der Waals surface area contributed by atoms with E-state index < -0.39 is 0 Å². The van der Waals surface area contributed by atoms with E-state index in [1.807, 2.05) is 20.8 Å². The van der Waals surface area contributed by atoms with Crippen molar-refractivity contribution < 1.29 is 9.53 Å². The van der Waals surface area contributed by atoms with Gasteiger partial charge >= 0.3 is 5.97 Å². The van der Waals surface area contributed by atoms with Gasteiger partial charge in [-0.3, -0.25) is 4.79 Å². The lowest BCUT2D eigenvalue weighted by molar-refractivity contribution is -0.154. The topological polar surface area (TPSA) is 52.3 Å². The number of carbonyl (C=O) groups excluding carboxylic acids is 1. The maximum Gasteiger partial charge on any atom is 0.306 e. The molecule has 0 aromatic rings. The Bertz CT molecular complexity index is 143. The number of unbranched alkanes of at least 4 members (excludes halogenated alkanes) is 1. The molecule has 0 radical (unpaired) electrons. The van der Waals surface area contributed by atoms with Crippen molar-refractivity contribution in [1.82, 2.24) is 0 Å². The van der Waals surface area contributed by atoms with Crippen LogP contribution < -0.4 is 5.73 Å². The predicted octanol–water partition coefficient (Wildman–Crippen LogP) is 1.88. The van der Waals surface area contributed by atoms with E-state index in [0.717, 1.165) is 12.8 Å². The van der Waals surface area contributed by atoms with Crippen LogP contribution >= 0.6 is 12.4 Å². The highest BCUT2D eigenvalue weighted by atomic mass is 35.5. The van der Waals surface area contributed by atoms with E-state index in [2.05, 4.69) is 0 Å². The Balaban J connectivity index is 0. The van der Waals surface area contributed by atoms with E-state index in [9.17, 15) is 4.79 Å². The van der Waals surface area contributed by atoms with Gasteiger partial charge in [0.2, 0.25) is 0 Å². The Labute approximate surface area is 86.4 Å². The molecule has 0 bridgehead atoms. The van der Waals surface area contributed by atoms with E-state index in [1.165, 1.54) is 0 Å². The molecule has 2 N–H and O–H groups in total. The summed E-state index contributed by atoms with van der Waals surface area (Å²) in [4.78, 5) is 11.1. The van der Waals surface area contributed by atoms with Crippen molar-refractivity contribution in [3.05, 3.63) is 0 Å². The minimum Gasteiger partial charge on any atom is -0.460 e. The fourth-order valence-electron chi connectivity index (χ4n) is 0.806. The first-order valence-electron chi connectivity index (χ1n) is 4.37. The number of nitrogens with two attached hydrogens (primary N) is 1. The lowest BCUT2D eigenvalue weighted by atomic mass is 10.2. The third-order valence-corrected chi connectivity index (χ3v) is 1.26. The molecule has 0 aliphatic rings. The first-order chi connectivity index (χ1) is 5.45. The molecule has 0 unspecified atom stereocenters. The quantitative estimate of drug-likeness (QED) is 0.568. The molecule has 0 aliphatic carbocycles. The molecular formula is C9H20ClNO2. The van der Waals surface area contributed by atoms with E-state index in [1.54, 1.807) is 0 Å². The summed E-state index contributed by atoms with van der Waals surface area (Å²) in [5.41, 5.74) is 4.93. The molecule has 0 spiro atoms. The van der Waals surface area contributed by atoms with Crippen molar-refractivity contribution in [2.45, 2.75) is 45.6 Å². The molecule has 0 atom stereocenters. The van der Waals surface area contributed by atoms with Crippen LogP contribution in [0.2, 0.25) is 0 Å². The van der Waals surface area contributed by atoms with Gasteiger partial charge in [-0.15, -0.1) is 12.4 Å². The molecule has 0 saturated carbocycles. The minimum absolute atomic E-state index is 0. The van der Waals surface area contributed by atoms with Crippen LogP contribution in [0.25, 0.3) is 0 Å². The van der Waals surface area contributed by atoms with Gasteiger partial charge in [0, 0.05) is 6.42 Å². The molecule has 13 heavy (non-hydrogen) atoms. The number of esters is 1. The lowest BCUT2D eigenvalue weighted by Gasteiger charge is -2.19. The minimum atomic E-state index is -0.361. The SMILES string of the molecule is CC(C)(C)OC(=O)CCCCN.Cl. The van der Waals surface area contributed by atoms with E-state index in [-0.39, 0.29) is 24.0 Å². The van der Waals surface area contributed by atoms with Gasteiger partial charge in [0.25, 0.3) is 0 Å². The van der Waals surface area contributed by atoms with Crippen LogP contribution in [0.5, 0.6) is 0 Å². The monoisotopic (exact) mass is 209 g/mol. The van der Waals surface area contributed by atoms with Crippen LogP contribution in [-0.2, 0) is 9.53 Å². The van der Waals surface area contributed by atoms with Crippen LogP contribution in [0.4, 0.5) is 0 Å². The second kappa shape index (κ2) is 7.15. The summed E-state index contributed by atoms with van der Waals surface area (Å²) in [6.07, 6.45) is 2.19. The third-order valence-electron chi connectivity index (χ3n) is 1.26. The Morgan fingerprint density at radius 3 is 2.23 bits per heavy atom. The number of ether oxygens (including phenoxy) is 1. The van der Waals surface area contributed by atoms with Crippen molar-refractivity contribution >= 4 is 18.4 Å². The number of hydrogen-bond donors (Lipinski definition) is 1. The van der Waals surface area contributed by atoms with Crippen LogP contribution in [0.3, 0.4) is 0 Å². The molecule has 0 heterocycles. The molecule has 0 aliphatic heterocycles. The van der Waals surface area contributed by atoms with Gasteiger partial charge in [-0.25, -0.2) is 0 Å². The molecule has 80 valence electrons. The molecule has 0 aromatic carbocycles. The summed E-state index contributed by atoms with van der Waals surface area (Å²) in [6.45, 7) is 6.25. The van der Waals surface area contributed by atoms with E-state index >= 15 is 0 Å². The van der Waals surface area contributed by atoms with Crippen molar-refractivity contribution in [2.24, 2.45) is 5.73 Å². The second-order valence-electron chi connectivity index (χ2n) is 3.83. The maximum absolute atomic E-state index is 11.1. The highest BCUT2D eigenvalue weighted by Gasteiger charge is 2.15.